The van der Waals surface area contributed by atoms with Crippen molar-refractivity contribution in [2.45, 2.75) is 26.4 Å². The molecule has 0 radical (unpaired) electrons. The SMILES string of the molecule is CCn1ccn(CCCS(C)(=O)=O)c1=O. The summed E-state index contributed by atoms with van der Waals surface area (Å²) in [7, 11) is -2.93. The van der Waals surface area contributed by atoms with Crippen LogP contribution in [-0.2, 0) is 22.9 Å². The van der Waals surface area contributed by atoms with E-state index in [0.717, 1.165) is 0 Å². The molecule has 0 aliphatic heterocycles. The third kappa shape index (κ3) is 3.54. The van der Waals surface area contributed by atoms with Gasteiger partial charge >= 0.3 is 5.69 Å². The molecule has 1 rings (SSSR count). The first-order valence-electron chi connectivity index (χ1n) is 4.87. The Balaban J connectivity index is 2.59. The minimum atomic E-state index is -2.93. The summed E-state index contributed by atoms with van der Waals surface area (Å²) in [5.41, 5.74) is -0.0778. The van der Waals surface area contributed by atoms with E-state index in [1.165, 1.54) is 10.8 Å². The second-order valence-electron chi connectivity index (χ2n) is 3.54. The van der Waals surface area contributed by atoms with Crippen molar-refractivity contribution in [3.05, 3.63) is 22.9 Å². The molecule has 0 aliphatic carbocycles. The van der Waals surface area contributed by atoms with Crippen LogP contribution < -0.4 is 5.69 Å². The number of hydrogen-bond donors (Lipinski definition) is 0. The number of nitrogens with zero attached hydrogens (tertiary/aromatic N) is 2. The van der Waals surface area contributed by atoms with Gasteiger partial charge in [-0.15, -0.1) is 0 Å². The van der Waals surface area contributed by atoms with Crippen LogP contribution in [-0.4, -0.2) is 29.6 Å². The Labute approximate surface area is 89.3 Å². The second kappa shape index (κ2) is 4.65. The quantitative estimate of drug-likeness (QED) is 0.723. The summed E-state index contributed by atoms with van der Waals surface area (Å²) in [5, 5.41) is 0. The molecule has 0 saturated heterocycles. The van der Waals surface area contributed by atoms with Crippen LogP contribution in [0.15, 0.2) is 17.2 Å². The van der Waals surface area contributed by atoms with Crippen molar-refractivity contribution < 1.29 is 8.42 Å². The molecule has 0 aliphatic rings. The third-order valence-electron chi connectivity index (χ3n) is 2.17. The Morgan fingerprint density at radius 3 is 2.33 bits per heavy atom. The molecule has 1 aromatic heterocycles. The predicted octanol–water partition coefficient (Wildman–Crippen LogP) is 0.104. The van der Waals surface area contributed by atoms with Crippen molar-refractivity contribution in [2.75, 3.05) is 12.0 Å². The van der Waals surface area contributed by atoms with Crippen molar-refractivity contribution in [2.24, 2.45) is 0 Å². The van der Waals surface area contributed by atoms with Crippen LogP contribution >= 0.6 is 0 Å². The lowest BCUT2D eigenvalue weighted by molar-refractivity contribution is 0.584. The summed E-state index contributed by atoms with van der Waals surface area (Å²) in [6, 6.07) is 0. The number of imidazole rings is 1. The van der Waals surface area contributed by atoms with Gasteiger partial charge in [-0.05, 0) is 13.3 Å². The highest BCUT2D eigenvalue weighted by Gasteiger charge is 2.04. The highest BCUT2D eigenvalue weighted by Crippen LogP contribution is 1.93. The van der Waals surface area contributed by atoms with E-state index in [0.29, 0.717) is 19.5 Å². The van der Waals surface area contributed by atoms with Crippen LogP contribution in [0.5, 0.6) is 0 Å². The fraction of sp³-hybridized carbons (Fsp3) is 0.667. The monoisotopic (exact) mass is 232 g/mol. The maximum Gasteiger partial charge on any atom is 0.328 e. The van der Waals surface area contributed by atoms with E-state index in [-0.39, 0.29) is 11.4 Å². The Bertz CT molecular complexity index is 470. The first kappa shape index (κ1) is 12.0. The van der Waals surface area contributed by atoms with Crippen LogP contribution in [0, 0.1) is 0 Å². The van der Waals surface area contributed by atoms with Gasteiger partial charge in [-0.3, -0.25) is 9.13 Å². The molecule has 6 heteroatoms. The van der Waals surface area contributed by atoms with Crippen molar-refractivity contribution in [3.8, 4) is 0 Å². The van der Waals surface area contributed by atoms with Crippen LogP contribution in [0.2, 0.25) is 0 Å². The molecule has 1 heterocycles. The maximum atomic E-state index is 11.5. The first-order valence-corrected chi connectivity index (χ1v) is 6.93. The Morgan fingerprint density at radius 2 is 1.87 bits per heavy atom. The number of hydrogen-bond acceptors (Lipinski definition) is 3. The van der Waals surface area contributed by atoms with Gasteiger partial charge in [-0.25, -0.2) is 13.2 Å². The lowest BCUT2D eigenvalue weighted by atomic mass is 10.5. The van der Waals surface area contributed by atoms with Crippen molar-refractivity contribution in [1.82, 2.24) is 9.13 Å². The summed E-state index contributed by atoms with van der Waals surface area (Å²) < 4.78 is 24.9. The second-order valence-corrected chi connectivity index (χ2v) is 5.80. The van der Waals surface area contributed by atoms with Crippen LogP contribution in [0.25, 0.3) is 0 Å². The van der Waals surface area contributed by atoms with E-state index < -0.39 is 9.84 Å². The molecule has 0 bridgehead atoms. The topological polar surface area (TPSA) is 61.1 Å². The van der Waals surface area contributed by atoms with E-state index in [9.17, 15) is 13.2 Å². The van der Waals surface area contributed by atoms with E-state index in [4.69, 9.17) is 0 Å². The minimum Gasteiger partial charge on any atom is -0.300 e. The van der Waals surface area contributed by atoms with Gasteiger partial charge in [0, 0.05) is 31.7 Å². The molecule has 0 aromatic carbocycles. The maximum absolute atomic E-state index is 11.5. The summed E-state index contributed by atoms with van der Waals surface area (Å²) in [5.74, 6) is 0.122. The van der Waals surface area contributed by atoms with Crippen molar-refractivity contribution in [1.29, 1.82) is 0 Å². The van der Waals surface area contributed by atoms with Crippen molar-refractivity contribution in [3.63, 3.8) is 0 Å². The first-order chi connectivity index (χ1) is 6.94. The van der Waals surface area contributed by atoms with Gasteiger partial charge in [0.1, 0.15) is 9.84 Å². The summed E-state index contributed by atoms with van der Waals surface area (Å²) in [4.78, 5) is 11.5. The van der Waals surface area contributed by atoms with Gasteiger partial charge in [0.2, 0.25) is 0 Å². The Hall–Kier alpha value is -1.04. The van der Waals surface area contributed by atoms with Gasteiger partial charge in [0.25, 0.3) is 0 Å². The molecule has 1 aromatic rings. The van der Waals surface area contributed by atoms with Gasteiger partial charge in [-0.2, -0.15) is 0 Å². The Kier molecular flexibility index (Phi) is 3.73. The average Bonchev–Trinajstić information content (AvgIpc) is 2.46. The number of rotatable bonds is 5. The zero-order valence-electron chi connectivity index (χ0n) is 9.01. The zero-order chi connectivity index (χ0) is 11.5. The van der Waals surface area contributed by atoms with Crippen molar-refractivity contribution >= 4 is 9.84 Å². The van der Waals surface area contributed by atoms with Crippen LogP contribution in [0.1, 0.15) is 13.3 Å². The normalized spacial score (nSPS) is 11.9. The van der Waals surface area contributed by atoms with E-state index in [1.807, 2.05) is 6.92 Å². The van der Waals surface area contributed by atoms with E-state index in [2.05, 4.69) is 0 Å². The standard InChI is InChI=1S/C9H16N2O3S/c1-3-10-6-7-11(9(10)12)5-4-8-15(2,13)14/h6-7H,3-5,8H2,1-2H3. The molecule has 0 spiro atoms. The molecular weight excluding hydrogens is 216 g/mol. The molecule has 0 unspecified atom stereocenters. The molecule has 5 nitrogen and oxygen atoms in total. The molecule has 0 fully saturated rings. The van der Waals surface area contributed by atoms with Crippen LogP contribution in [0.4, 0.5) is 0 Å². The summed E-state index contributed by atoms with van der Waals surface area (Å²) >= 11 is 0. The highest BCUT2D eigenvalue weighted by atomic mass is 32.2. The van der Waals surface area contributed by atoms with Gasteiger partial charge in [0.05, 0.1) is 5.75 Å². The minimum absolute atomic E-state index is 0.0778. The zero-order valence-corrected chi connectivity index (χ0v) is 9.83. The van der Waals surface area contributed by atoms with E-state index >= 15 is 0 Å². The summed E-state index contributed by atoms with van der Waals surface area (Å²) in [6.07, 6.45) is 5.08. The fourth-order valence-electron chi connectivity index (χ4n) is 1.36. The molecule has 0 saturated carbocycles. The third-order valence-corrected chi connectivity index (χ3v) is 3.20. The molecule has 0 atom stereocenters. The number of aryl methyl sites for hydroxylation is 2. The molecule has 0 amide bonds. The Morgan fingerprint density at radius 1 is 1.27 bits per heavy atom. The van der Waals surface area contributed by atoms with Gasteiger partial charge in [0.15, 0.2) is 0 Å². The van der Waals surface area contributed by atoms with E-state index in [1.54, 1.807) is 17.0 Å². The molecule has 0 N–H and O–H groups in total. The van der Waals surface area contributed by atoms with Gasteiger partial charge < -0.3 is 0 Å². The number of aromatic nitrogens is 2. The predicted molar refractivity (Wildman–Crippen MR) is 58.7 cm³/mol. The molecule has 86 valence electrons. The highest BCUT2D eigenvalue weighted by molar-refractivity contribution is 7.90. The molecular formula is C9H16N2O3S. The van der Waals surface area contributed by atoms with Gasteiger partial charge in [-0.1, -0.05) is 0 Å². The van der Waals surface area contributed by atoms with Crippen LogP contribution in [0.3, 0.4) is 0 Å². The lowest BCUT2D eigenvalue weighted by Gasteiger charge is -2.00. The largest absolute Gasteiger partial charge is 0.328 e. The number of sulfone groups is 1. The fourth-order valence-corrected chi connectivity index (χ4v) is 2.01. The lowest BCUT2D eigenvalue weighted by Crippen LogP contribution is -2.24. The average molecular weight is 232 g/mol. The smallest absolute Gasteiger partial charge is 0.300 e. The summed E-state index contributed by atoms with van der Waals surface area (Å²) in [6.45, 7) is 2.99. The molecule has 15 heavy (non-hydrogen) atoms.